The monoisotopic (exact) mass is 281 g/mol. The molecule has 1 amide bonds. The zero-order chi connectivity index (χ0) is 14.1. The van der Waals surface area contributed by atoms with E-state index in [4.69, 9.17) is 5.73 Å². The number of nitrogens with one attached hydrogen (secondary N) is 2. The molecule has 0 saturated carbocycles. The standard InChI is InChI=1S/C14H23N3OS/c1-3-16-14(18)12-7-6-11(15)10-13(12)17-8-4-5-9-19-2/h6-7,10,17H,3-5,8-9,15H2,1-2H3,(H,16,18). The first-order valence-electron chi connectivity index (χ1n) is 6.59. The first kappa shape index (κ1) is 15.7. The van der Waals surface area contributed by atoms with Gasteiger partial charge in [-0.2, -0.15) is 11.8 Å². The molecule has 19 heavy (non-hydrogen) atoms. The third-order valence-electron chi connectivity index (χ3n) is 2.72. The van der Waals surface area contributed by atoms with Crippen LogP contribution in [0.4, 0.5) is 11.4 Å². The molecule has 5 heteroatoms. The van der Waals surface area contributed by atoms with Gasteiger partial charge in [-0.15, -0.1) is 0 Å². The molecule has 0 saturated heterocycles. The molecule has 0 heterocycles. The number of hydrogen-bond acceptors (Lipinski definition) is 4. The van der Waals surface area contributed by atoms with Crippen LogP contribution in [0.15, 0.2) is 18.2 Å². The van der Waals surface area contributed by atoms with Crippen LogP contribution >= 0.6 is 11.8 Å². The average Bonchev–Trinajstić information content (AvgIpc) is 2.39. The van der Waals surface area contributed by atoms with Gasteiger partial charge in [-0.1, -0.05) is 0 Å². The van der Waals surface area contributed by atoms with E-state index in [9.17, 15) is 4.79 Å². The summed E-state index contributed by atoms with van der Waals surface area (Å²) in [4.78, 5) is 11.9. The molecule has 0 aliphatic rings. The van der Waals surface area contributed by atoms with E-state index in [1.165, 1.54) is 12.2 Å². The molecule has 0 aliphatic carbocycles. The van der Waals surface area contributed by atoms with Crippen LogP contribution in [0.5, 0.6) is 0 Å². The largest absolute Gasteiger partial charge is 0.399 e. The number of carbonyl (C=O) groups is 1. The molecule has 0 bridgehead atoms. The number of thioether (sulfide) groups is 1. The van der Waals surface area contributed by atoms with E-state index in [0.29, 0.717) is 17.8 Å². The second-order valence-corrected chi connectivity index (χ2v) is 5.28. The fourth-order valence-corrected chi connectivity index (χ4v) is 2.25. The molecule has 0 aliphatic heterocycles. The number of nitrogens with two attached hydrogens (primary N) is 1. The third kappa shape index (κ3) is 5.42. The maximum absolute atomic E-state index is 11.9. The van der Waals surface area contributed by atoms with Crippen molar-refractivity contribution in [1.29, 1.82) is 0 Å². The van der Waals surface area contributed by atoms with E-state index in [1.54, 1.807) is 12.1 Å². The molecule has 1 aromatic carbocycles. The van der Waals surface area contributed by atoms with Crippen molar-refractivity contribution in [2.75, 3.05) is 36.1 Å². The van der Waals surface area contributed by atoms with Crippen molar-refractivity contribution in [2.45, 2.75) is 19.8 Å². The first-order chi connectivity index (χ1) is 9.19. The second kappa shape index (κ2) is 8.69. The number of rotatable bonds is 8. The van der Waals surface area contributed by atoms with Crippen molar-refractivity contribution >= 4 is 29.0 Å². The number of anilines is 2. The lowest BCUT2D eigenvalue weighted by atomic mass is 10.1. The Kier molecular flexibility index (Phi) is 7.18. The fraction of sp³-hybridized carbons (Fsp3) is 0.500. The highest BCUT2D eigenvalue weighted by molar-refractivity contribution is 7.98. The van der Waals surface area contributed by atoms with E-state index < -0.39 is 0 Å². The van der Waals surface area contributed by atoms with Crippen molar-refractivity contribution in [2.24, 2.45) is 0 Å². The van der Waals surface area contributed by atoms with Crippen molar-refractivity contribution < 1.29 is 4.79 Å². The van der Waals surface area contributed by atoms with Gasteiger partial charge in [0.05, 0.1) is 5.56 Å². The van der Waals surface area contributed by atoms with Crippen molar-refractivity contribution in [3.8, 4) is 0 Å². The van der Waals surface area contributed by atoms with Crippen molar-refractivity contribution in [3.05, 3.63) is 23.8 Å². The van der Waals surface area contributed by atoms with Gasteiger partial charge in [-0.25, -0.2) is 0 Å². The molecule has 0 atom stereocenters. The lowest BCUT2D eigenvalue weighted by Crippen LogP contribution is -2.24. The first-order valence-corrected chi connectivity index (χ1v) is 7.99. The summed E-state index contributed by atoms with van der Waals surface area (Å²) < 4.78 is 0. The minimum atomic E-state index is -0.0610. The average molecular weight is 281 g/mol. The van der Waals surface area contributed by atoms with E-state index >= 15 is 0 Å². The molecule has 1 aromatic rings. The molecule has 0 aromatic heterocycles. The maximum atomic E-state index is 11.9. The van der Waals surface area contributed by atoms with Crippen LogP contribution in [0.2, 0.25) is 0 Å². The highest BCUT2D eigenvalue weighted by Crippen LogP contribution is 2.19. The van der Waals surface area contributed by atoms with E-state index in [-0.39, 0.29) is 5.91 Å². The summed E-state index contributed by atoms with van der Waals surface area (Å²) >= 11 is 1.85. The SMILES string of the molecule is CCNC(=O)c1ccc(N)cc1NCCCCSC. The minimum absolute atomic E-state index is 0.0610. The van der Waals surface area contributed by atoms with Gasteiger partial charge in [0.25, 0.3) is 5.91 Å². The topological polar surface area (TPSA) is 67.2 Å². The molecule has 106 valence electrons. The quantitative estimate of drug-likeness (QED) is 0.506. The number of unbranched alkanes of at least 4 members (excludes halogenated alkanes) is 1. The number of amides is 1. The Bertz CT molecular complexity index is 410. The van der Waals surface area contributed by atoms with Gasteiger partial charge in [0.2, 0.25) is 0 Å². The zero-order valence-corrected chi connectivity index (χ0v) is 12.5. The van der Waals surface area contributed by atoms with Crippen LogP contribution in [0.1, 0.15) is 30.1 Å². The molecule has 4 nitrogen and oxygen atoms in total. The maximum Gasteiger partial charge on any atom is 0.253 e. The Hall–Kier alpha value is -1.36. The van der Waals surface area contributed by atoms with Gasteiger partial charge in [0.15, 0.2) is 0 Å². The highest BCUT2D eigenvalue weighted by atomic mass is 32.2. The molecular weight excluding hydrogens is 258 g/mol. The summed E-state index contributed by atoms with van der Waals surface area (Å²) in [5.41, 5.74) is 7.91. The van der Waals surface area contributed by atoms with E-state index in [0.717, 1.165) is 18.7 Å². The molecular formula is C14H23N3OS. The predicted molar refractivity (Wildman–Crippen MR) is 85.0 cm³/mol. The summed E-state index contributed by atoms with van der Waals surface area (Å²) in [6, 6.07) is 5.34. The van der Waals surface area contributed by atoms with Crippen molar-refractivity contribution in [1.82, 2.24) is 5.32 Å². The summed E-state index contributed by atoms with van der Waals surface area (Å²) in [7, 11) is 0. The number of benzene rings is 1. The predicted octanol–water partition coefficient (Wildman–Crippen LogP) is 2.57. The van der Waals surface area contributed by atoms with Crippen LogP contribution in [-0.4, -0.2) is 31.0 Å². The summed E-state index contributed by atoms with van der Waals surface area (Å²) in [5, 5.41) is 6.11. The fourth-order valence-electron chi connectivity index (χ4n) is 1.76. The number of nitrogen functional groups attached to an aromatic ring is 1. The summed E-state index contributed by atoms with van der Waals surface area (Å²) in [5.74, 6) is 1.11. The Morgan fingerprint density at radius 2 is 2.16 bits per heavy atom. The third-order valence-corrected chi connectivity index (χ3v) is 3.41. The van der Waals surface area contributed by atoms with Gasteiger partial charge in [-0.3, -0.25) is 4.79 Å². The molecule has 0 radical (unpaired) electrons. The summed E-state index contributed by atoms with van der Waals surface area (Å²) in [6.45, 7) is 3.39. The summed E-state index contributed by atoms with van der Waals surface area (Å²) in [6.07, 6.45) is 4.37. The smallest absolute Gasteiger partial charge is 0.253 e. The Morgan fingerprint density at radius 3 is 2.84 bits per heavy atom. The Labute approximate surface area is 119 Å². The molecule has 0 spiro atoms. The normalized spacial score (nSPS) is 10.2. The van der Waals surface area contributed by atoms with Gasteiger partial charge >= 0.3 is 0 Å². The minimum Gasteiger partial charge on any atom is -0.399 e. The molecule has 4 N–H and O–H groups in total. The Morgan fingerprint density at radius 1 is 1.37 bits per heavy atom. The number of carbonyl (C=O) groups excluding carboxylic acids is 1. The second-order valence-electron chi connectivity index (χ2n) is 4.29. The van der Waals surface area contributed by atoms with Crippen LogP contribution < -0.4 is 16.4 Å². The van der Waals surface area contributed by atoms with Gasteiger partial charge < -0.3 is 16.4 Å². The number of hydrogen-bond donors (Lipinski definition) is 3. The highest BCUT2D eigenvalue weighted by Gasteiger charge is 2.10. The lowest BCUT2D eigenvalue weighted by molar-refractivity contribution is 0.0956. The van der Waals surface area contributed by atoms with Crippen molar-refractivity contribution in [3.63, 3.8) is 0 Å². The van der Waals surface area contributed by atoms with Crippen LogP contribution in [0.25, 0.3) is 0 Å². The van der Waals surface area contributed by atoms with E-state index in [2.05, 4.69) is 16.9 Å². The van der Waals surface area contributed by atoms with Gasteiger partial charge in [-0.05, 0) is 50.0 Å². The molecule has 0 fully saturated rings. The van der Waals surface area contributed by atoms with Crippen LogP contribution in [0.3, 0.4) is 0 Å². The van der Waals surface area contributed by atoms with Crippen LogP contribution in [0, 0.1) is 0 Å². The van der Waals surface area contributed by atoms with Gasteiger partial charge in [0, 0.05) is 24.5 Å². The Balaban J connectivity index is 2.63. The van der Waals surface area contributed by atoms with Crippen LogP contribution in [-0.2, 0) is 0 Å². The van der Waals surface area contributed by atoms with Gasteiger partial charge in [0.1, 0.15) is 0 Å². The lowest BCUT2D eigenvalue weighted by Gasteiger charge is -2.12. The zero-order valence-electron chi connectivity index (χ0n) is 11.7. The molecule has 0 unspecified atom stereocenters. The molecule has 1 rings (SSSR count). The van der Waals surface area contributed by atoms with E-state index in [1.807, 2.05) is 24.8 Å².